The number of nitrogens with one attached hydrogen (secondary N) is 3. The van der Waals surface area contributed by atoms with E-state index in [4.69, 9.17) is 10.5 Å². The van der Waals surface area contributed by atoms with Crippen molar-refractivity contribution in [3.8, 4) is 16.9 Å². The fourth-order valence-corrected chi connectivity index (χ4v) is 3.57. The summed E-state index contributed by atoms with van der Waals surface area (Å²) in [6.07, 6.45) is 2.69. The summed E-state index contributed by atoms with van der Waals surface area (Å²) in [4.78, 5) is 19.4. The van der Waals surface area contributed by atoms with Crippen molar-refractivity contribution < 1.29 is 19.0 Å². The lowest BCUT2D eigenvalue weighted by atomic mass is 9.92. The number of benzene rings is 2. The summed E-state index contributed by atoms with van der Waals surface area (Å²) in [5.74, 6) is -0.447. The van der Waals surface area contributed by atoms with Crippen LogP contribution in [0.4, 0.5) is 10.1 Å². The normalized spacial score (nSPS) is 15.2. The molecule has 4 rings (SSSR count). The number of rotatable bonds is 7. The molecule has 0 aliphatic carbocycles. The molecule has 8 nitrogen and oxygen atoms in total. The Morgan fingerprint density at radius 3 is 2.84 bits per heavy atom. The minimum Gasteiger partial charge on any atom is -0.487 e. The summed E-state index contributed by atoms with van der Waals surface area (Å²) in [6, 6.07) is 9.58. The largest absolute Gasteiger partial charge is 0.487 e. The minimum atomic E-state index is -1.33. The van der Waals surface area contributed by atoms with Gasteiger partial charge in [0.2, 0.25) is 0 Å². The maximum atomic E-state index is 14.8. The van der Waals surface area contributed by atoms with Gasteiger partial charge in [0.15, 0.2) is 6.23 Å². The van der Waals surface area contributed by atoms with Crippen LogP contribution in [0.2, 0.25) is 0 Å². The van der Waals surface area contributed by atoms with Crippen LogP contribution in [0.3, 0.4) is 0 Å². The molecule has 1 aliphatic rings. The standard InChI is InChI=1S/C23H24FN5O3/c1-2-8-27-22(30)19-20(25)16-5-3-4-15(21(16)29-23(19)31)17-9-14(6-7-18(17)24)32-11-13-10-26-12-28-13/h3-7,9-10,12,23,29,31H,2,8,11,25H2,1H3,(H,26,28)(H,27,30). The Balaban J connectivity index is 1.70. The van der Waals surface area contributed by atoms with Crippen LogP contribution in [-0.4, -0.2) is 33.8 Å². The van der Waals surface area contributed by atoms with Crippen LogP contribution in [0.1, 0.15) is 24.6 Å². The summed E-state index contributed by atoms with van der Waals surface area (Å²) in [5, 5.41) is 16.2. The molecule has 1 amide bonds. The molecule has 0 bridgehead atoms. The maximum Gasteiger partial charge on any atom is 0.253 e. The number of nitrogens with zero attached hydrogens (tertiary/aromatic N) is 1. The second kappa shape index (κ2) is 9.11. The van der Waals surface area contributed by atoms with Gasteiger partial charge in [-0.05, 0) is 24.6 Å². The van der Waals surface area contributed by atoms with Gasteiger partial charge in [-0.1, -0.05) is 25.1 Å². The molecule has 32 heavy (non-hydrogen) atoms. The number of carbonyl (C=O) groups is 1. The summed E-state index contributed by atoms with van der Waals surface area (Å²) in [6.45, 7) is 2.62. The number of nitrogens with two attached hydrogens (primary N) is 1. The number of hydrogen-bond acceptors (Lipinski definition) is 6. The number of aliphatic hydroxyl groups excluding tert-OH is 1. The van der Waals surface area contributed by atoms with E-state index in [1.807, 2.05) is 6.92 Å². The Bertz CT molecular complexity index is 1160. The van der Waals surface area contributed by atoms with Crippen molar-refractivity contribution in [1.82, 2.24) is 15.3 Å². The van der Waals surface area contributed by atoms with Crippen LogP contribution in [0.25, 0.3) is 16.8 Å². The van der Waals surface area contributed by atoms with Crippen molar-refractivity contribution >= 4 is 17.3 Å². The predicted molar refractivity (Wildman–Crippen MR) is 119 cm³/mol. The summed E-state index contributed by atoms with van der Waals surface area (Å²) >= 11 is 0. The van der Waals surface area contributed by atoms with E-state index in [9.17, 15) is 14.3 Å². The van der Waals surface area contributed by atoms with E-state index in [0.717, 1.165) is 6.42 Å². The number of halogens is 1. The van der Waals surface area contributed by atoms with Crippen LogP contribution in [0.15, 0.2) is 54.5 Å². The van der Waals surface area contributed by atoms with Gasteiger partial charge in [-0.25, -0.2) is 9.37 Å². The lowest BCUT2D eigenvalue weighted by Crippen LogP contribution is -2.38. The molecule has 166 valence electrons. The molecule has 1 unspecified atom stereocenters. The number of amides is 1. The molecular weight excluding hydrogens is 413 g/mol. The molecule has 2 aromatic carbocycles. The zero-order valence-corrected chi connectivity index (χ0v) is 17.5. The fraction of sp³-hybridized carbons (Fsp3) is 0.217. The van der Waals surface area contributed by atoms with Crippen molar-refractivity contribution in [2.75, 3.05) is 11.9 Å². The van der Waals surface area contributed by atoms with E-state index in [0.29, 0.717) is 34.8 Å². The Morgan fingerprint density at radius 1 is 1.28 bits per heavy atom. The highest BCUT2D eigenvalue weighted by atomic mass is 19.1. The average molecular weight is 437 g/mol. The van der Waals surface area contributed by atoms with Crippen molar-refractivity contribution in [2.24, 2.45) is 5.73 Å². The van der Waals surface area contributed by atoms with Gasteiger partial charge in [-0.3, -0.25) is 4.79 Å². The van der Waals surface area contributed by atoms with Crippen LogP contribution in [-0.2, 0) is 11.4 Å². The number of aliphatic hydroxyl groups is 1. The van der Waals surface area contributed by atoms with Gasteiger partial charge in [0.25, 0.3) is 5.91 Å². The third-order valence-corrected chi connectivity index (χ3v) is 5.15. The monoisotopic (exact) mass is 437 g/mol. The number of para-hydroxylation sites is 1. The predicted octanol–water partition coefficient (Wildman–Crippen LogP) is 2.73. The molecule has 0 fully saturated rings. The fourth-order valence-electron chi connectivity index (χ4n) is 3.57. The number of anilines is 1. The summed E-state index contributed by atoms with van der Waals surface area (Å²) < 4.78 is 20.5. The highest BCUT2D eigenvalue weighted by Gasteiger charge is 2.30. The van der Waals surface area contributed by atoms with Crippen LogP contribution >= 0.6 is 0 Å². The van der Waals surface area contributed by atoms with Crippen LogP contribution < -0.4 is 21.1 Å². The van der Waals surface area contributed by atoms with E-state index in [2.05, 4.69) is 20.6 Å². The van der Waals surface area contributed by atoms with Crippen LogP contribution in [0.5, 0.6) is 5.75 Å². The molecule has 9 heteroatoms. The molecule has 3 aromatic rings. The number of aromatic amines is 1. The molecular formula is C23H24FN5O3. The quantitative estimate of drug-likeness (QED) is 0.387. The lowest BCUT2D eigenvalue weighted by Gasteiger charge is -2.28. The average Bonchev–Trinajstić information content (AvgIpc) is 3.31. The number of carbonyl (C=O) groups excluding carboxylic acids is 1. The first-order chi connectivity index (χ1) is 15.5. The molecule has 0 radical (unpaired) electrons. The van der Waals surface area contributed by atoms with Gasteiger partial charge in [-0.15, -0.1) is 0 Å². The number of aromatic nitrogens is 2. The zero-order valence-electron chi connectivity index (χ0n) is 17.5. The van der Waals surface area contributed by atoms with Crippen molar-refractivity contribution in [3.05, 3.63) is 71.6 Å². The van der Waals surface area contributed by atoms with E-state index < -0.39 is 18.0 Å². The van der Waals surface area contributed by atoms with Gasteiger partial charge in [0, 0.05) is 29.4 Å². The number of fused-ring (bicyclic) bond motifs is 1. The second-order valence-corrected chi connectivity index (χ2v) is 7.35. The first-order valence-corrected chi connectivity index (χ1v) is 10.3. The molecule has 0 saturated carbocycles. The number of hydrogen-bond donors (Lipinski definition) is 5. The highest BCUT2D eigenvalue weighted by Crippen LogP contribution is 2.40. The molecule has 1 aliphatic heterocycles. The van der Waals surface area contributed by atoms with Gasteiger partial charge in [0.05, 0.1) is 29.0 Å². The minimum absolute atomic E-state index is 0.0414. The summed E-state index contributed by atoms with van der Waals surface area (Å²) in [5.41, 5.74) is 8.87. The van der Waals surface area contributed by atoms with Gasteiger partial charge in [-0.2, -0.15) is 0 Å². The SMILES string of the molecule is CCCNC(=O)C1=C(N)c2cccc(-c3cc(OCc4c[nH]cn4)ccc3F)c2NC1O. The van der Waals surface area contributed by atoms with E-state index in [1.165, 1.54) is 12.1 Å². The van der Waals surface area contributed by atoms with E-state index in [1.54, 1.807) is 36.8 Å². The maximum absolute atomic E-state index is 14.8. The third-order valence-electron chi connectivity index (χ3n) is 5.15. The van der Waals surface area contributed by atoms with E-state index in [-0.39, 0.29) is 23.4 Å². The molecule has 0 spiro atoms. The zero-order chi connectivity index (χ0) is 22.7. The first kappa shape index (κ1) is 21.4. The summed E-state index contributed by atoms with van der Waals surface area (Å²) in [7, 11) is 0. The Kier molecular flexibility index (Phi) is 6.09. The van der Waals surface area contributed by atoms with Crippen molar-refractivity contribution in [1.29, 1.82) is 0 Å². The third kappa shape index (κ3) is 4.15. The lowest BCUT2D eigenvalue weighted by molar-refractivity contribution is -0.118. The van der Waals surface area contributed by atoms with Crippen LogP contribution in [0, 0.1) is 5.82 Å². The molecule has 6 N–H and O–H groups in total. The Labute approximate surface area is 184 Å². The Hall–Kier alpha value is -3.85. The van der Waals surface area contributed by atoms with Gasteiger partial charge < -0.3 is 31.2 Å². The topological polar surface area (TPSA) is 125 Å². The Morgan fingerprint density at radius 2 is 2.09 bits per heavy atom. The molecule has 0 saturated heterocycles. The van der Waals surface area contributed by atoms with Gasteiger partial charge >= 0.3 is 0 Å². The van der Waals surface area contributed by atoms with Crippen molar-refractivity contribution in [3.63, 3.8) is 0 Å². The number of ether oxygens (including phenoxy) is 1. The van der Waals surface area contributed by atoms with E-state index >= 15 is 0 Å². The van der Waals surface area contributed by atoms with Crippen molar-refractivity contribution in [2.45, 2.75) is 26.2 Å². The second-order valence-electron chi connectivity index (χ2n) is 7.35. The first-order valence-electron chi connectivity index (χ1n) is 10.3. The molecule has 1 atom stereocenters. The number of imidazole rings is 1. The highest BCUT2D eigenvalue weighted by molar-refractivity contribution is 6.06. The number of H-pyrrole nitrogens is 1. The molecule has 2 heterocycles. The smallest absolute Gasteiger partial charge is 0.253 e. The molecule has 1 aromatic heterocycles. The van der Waals surface area contributed by atoms with Gasteiger partial charge in [0.1, 0.15) is 18.2 Å².